The van der Waals surface area contributed by atoms with E-state index in [1.807, 2.05) is 6.92 Å². The molecule has 0 spiro atoms. The predicted octanol–water partition coefficient (Wildman–Crippen LogP) is 1.96. The number of hydrogen-bond donors (Lipinski definition) is 5. The number of carbonyl (C=O) groups excluding carboxylic acids is 5. The molecule has 0 aromatic heterocycles. The number of piperidine rings is 1. The van der Waals surface area contributed by atoms with Crippen LogP contribution in [0.3, 0.4) is 0 Å². The van der Waals surface area contributed by atoms with Crippen molar-refractivity contribution in [2.75, 3.05) is 25.4 Å². The first-order valence-electron chi connectivity index (χ1n) is 18.2. The molecule has 1 heterocycles. The Balaban J connectivity index is 1.35. The maximum atomic E-state index is 14.7. The Bertz CT molecular complexity index is 1430. The molecule has 4 saturated carbocycles. The summed E-state index contributed by atoms with van der Waals surface area (Å²) in [5.41, 5.74) is -1.84. The number of ketones is 1. The van der Waals surface area contributed by atoms with Gasteiger partial charge in [0.25, 0.3) is 5.91 Å². The monoisotopic (exact) mass is 707 g/mol. The fraction of sp³-hybridized carbons (Fsp3) is 0.857. The van der Waals surface area contributed by atoms with Crippen molar-refractivity contribution in [3.8, 4) is 0 Å². The second-order valence-electron chi connectivity index (χ2n) is 17.0. The fourth-order valence-corrected chi connectivity index (χ4v) is 10.3. The van der Waals surface area contributed by atoms with Crippen molar-refractivity contribution in [1.82, 2.24) is 26.2 Å². The zero-order valence-corrected chi connectivity index (χ0v) is 30.7. The van der Waals surface area contributed by atoms with E-state index in [0.29, 0.717) is 32.2 Å². The number of urea groups is 1. The van der Waals surface area contributed by atoms with Crippen LogP contribution in [-0.4, -0.2) is 102 Å². The van der Waals surface area contributed by atoms with Gasteiger partial charge in [-0.25, -0.2) is 13.2 Å². The average molecular weight is 708 g/mol. The third-order valence-corrected chi connectivity index (χ3v) is 15.2. The first-order chi connectivity index (χ1) is 22.9. The Hall–Kier alpha value is -2.74. The highest BCUT2D eigenvalue weighted by Gasteiger charge is 2.70. The summed E-state index contributed by atoms with van der Waals surface area (Å²) >= 11 is 0. The third kappa shape index (κ3) is 7.79. The van der Waals surface area contributed by atoms with Gasteiger partial charge < -0.3 is 31.3 Å². The summed E-state index contributed by atoms with van der Waals surface area (Å²) in [7, 11) is -3.81. The van der Waals surface area contributed by atoms with Gasteiger partial charge in [0.1, 0.15) is 12.1 Å². The summed E-state index contributed by atoms with van der Waals surface area (Å²) in [6.07, 6.45) is 9.15. The standard InChI is InChI=1S/C35H57N5O8S/c1-32(2,20-41)49(47,48)21-35(16-10-7-11-17-35)39-31(46)38-27(34(5)14-8-6-9-15-34)30(45)40-19-23-25(33(23,3)4)26(40)29(44)36-18-24(42)28(43)37-22-12-13-22/h22-23,25-27,41H,6-21H2,1-5H3,(H,36,44)(H,37,43)(H2,38,39,46)/t23-,25-,26-,27+/m0/s1. The van der Waals surface area contributed by atoms with Crippen LogP contribution in [0.2, 0.25) is 0 Å². The summed E-state index contributed by atoms with van der Waals surface area (Å²) in [6, 6.07) is -2.44. The first-order valence-corrected chi connectivity index (χ1v) is 19.9. The van der Waals surface area contributed by atoms with Gasteiger partial charge in [0.2, 0.25) is 17.6 Å². The molecule has 4 aliphatic carbocycles. The molecular weight excluding hydrogens is 650 g/mol. The van der Waals surface area contributed by atoms with Gasteiger partial charge in [0, 0.05) is 12.6 Å². The Morgan fingerprint density at radius 2 is 1.51 bits per heavy atom. The van der Waals surface area contributed by atoms with E-state index in [9.17, 15) is 37.5 Å². The highest BCUT2D eigenvalue weighted by Crippen LogP contribution is 2.65. The average Bonchev–Trinajstić information content (AvgIpc) is 3.89. The Labute approximate surface area is 290 Å². The van der Waals surface area contributed by atoms with Crippen LogP contribution in [0.1, 0.15) is 112 Å². The zero-order chi connectivity index (χ0) is 36.0. The molecule has 0 aromatic rings. The number of likely N-dealkylation sites (tertiary alicyclic amines) is 1. The van der Waals surface area contributed by atoms with Gasteiger partial charge in [-0.15, -0.1) is 0 Å². The van der Waals surface area contributed by atoms with Crippen molar-refractivity contribution in [1.29, 1.82) is 0 Å². The van der Waals surface area contributed by atoms with Crippen LogP contribution in [0.15, 0.2) is 0 Å². The molecule has 276 valence electrons. The normalized spacial score (nSPS) is 27.6. The highest BCUT2D eigenvalue weighted by molar-refractivity contribution is 7.92. The molecule has 5 rings (SSSR count). The van der Waals surface area contributed by atoms with Gasteiger partial charge >= 0.3 is 6.03 Å². The number of amides is 5. The van der Waals surface area contributed by atoms with Gasteiger partial charge in [0.15, 0.2) is 9.84 Å². The molecule has 1 aliphatic heterocycles. The van der Waals surface area contributed by atoms with Crippen molar-refractivity contribution in [3.63, 3.8) is 0 Å². The third-order valence-electron chi connectivity index (χ3n) is 12.4. The Morgan fingerprint density at radius 3 is 2.08 bits per heavy atom. The van der Waals surface area contributed by atoms with Crippen molar-refractivity contribution in [3.05, 3.63) is 0 Å². The van der Waals surface area contributed by atoms with Gasteiger partial charge in [0.05, 0.1) is 29.2 Å². The topological polar surface area (TPSA) is 191 Å². The molecule has 4 atom stereocenters. The number of nitrogens with zero attached hydrogens (tertiary/aromatic N) is 1. The number of sulfone groups is 1. The fourth-order valence-electron chi connectivity index (χ4n) is 8.61. The molecule has 5 amide bonds. The summed E-state index contributed by atoms with van der Waals surface area (Å²) in [6.45, 7) is 8.38. The zero-order valence-electron chi connectivity index (χ0n) is 29.9. The van der Waals surface area contributed by atoms with Crippen LogP contribution in [-0.2, 0) is 29.0 Å². The minimum atomic E-state index is -3.81. The number of hydrogen-bond acceptors (Lipinski definition) is 8. The van der Waals surface area contributed by atoms with E-state index in [0.717, 1.165) is 51.4 Å². The molecule has 0 radical (unpaired) electrons. The number of nitrogens with one attached hydrogen (secondary N) is 4. The molecule has 0 bridgehead atoms. The number of Topliss-reactive ketones (excluding diaryl/α,β-unsaturated/α-hetero) is 1. The van der Waals surface area contributed by atoms with E-state index in [2.05, 4.69) is 35.1 Å². The van der Waals surface area contributed by atoms with Crippen molar-refractivity contribution in [2.24, 2.45) is 22.7 Å². The number of aliphatic hydroxyl groups is 1. The second-order valence-corrected chi connectivity index (χ2v) is 19.7. The molecule has 0 unspecified atom stereocenters. The number of rotatable bonds is 13. The molecular formula is C35H57N5O8S. The van der Waals surface area contributed by atoms with E-state index in [-0.39, 0.29) is 35.0 Å². The number of aliphatic hydroxyl groups excluding tert-OH is 1. The lowest BCUT2D eigenvalue weighted by molar-refractivity contribution is -0.145. The molecule has 5 aliphatic rings. The molecule has 14 heteroatoms. The smallest absolute Gasteiger partial charge is 0.315 e. The molecule has 0 aromatic carbocycles. The summed E-state index contributed by atoms with van der Waals surface area (Å²) < 4.78 is 25.5. The van der Waals surface area contributed by atoms with Gasteiger partial charge in [-0.1, -0.05) is 59.3 Å². The number of carbonyl (C=O) groups is 5. The predicted molar refractivity (Wildman–Crippen MR) is 183 cm³/mol. The van der Waals surface area contributed by atoms with Crippen LogP contribution in [0, 0.1) is 22.7 Å². The van der Waals surface area contributed by atoms with Crippen LogP contribution in [0.4, 0.5) is 4.79 Å². The van der Waals surface area contributed by atoms with E-state index in [4.69, 9.17) is 0 Å². The lowest BCUT2D eigenvalue weighted by Gasteiger charge is -2.44. The van der Waals surface area contributed by atoms with E-state index < -0.39 is 74.4 Å². The quantitative estimate of drug-likeness (QED) is 0.180. The van der Waals surface area contributed by atoms with Crippen molar-refractivity contribution in [2.45, 2.75) is 140 Å². The Morgan fingerprint density at radius 1 is 0.918 bits per heavy atom. The maximum Gasteiger partial charge on any atom is 0.315 e. The van der Waals surface area contributed by atoms with Crippen molar-refractivity contribution >= 4 is 39.4 Å². The largest absolute Gasteiger partial charge is 0.395 e. The van der Waals surface area contributed by atoms with Crippen LogP contribution < -0.4 is 21.3 Å². The van der Waals surface area contributed by atoms with Crippen LogP contribution in [0.5, 0.6) is 0 Å². The molecule has 49 heavy (non-hydrogen) atoms. The summed E-state index contributed by atoms with van der Waals surface area (Å²) in [4.78, 5) is 68.6. The minimum absolute atomic E-state index is 0.00989. The van der Waals surface area contributed by atoms with Gasteiger partial charge in [-0.2, -0.15) is 0 Å². The number of fused-ring (bicyclic) bond motifs is 1. The minimum Gasteiger partial charge on any atom is -0.395 e. The Kier molecular flexibility index (Phi) is 10.5. The van der Waals surface area contributed by atoms with Crippen LogP contribution in [0.25, 0.3) is 0 Å². The maximum absolute atomic E-state index is 14.7. The second kappa shape index (κ2) is 13.8. The van der Waals surface area contributed by atoms with Gasteiger partial charge in [-0.3, -0.25) is 19.2 Å². The molecule has 5 N–H and O–H groups in total. The molecule has 5 fully saturated rings. The lowest BCUT2D eigenvalue weighted by Crippen LogP contribution is -2.65. The highest BCUT2D eigenvalue weighted by atomic mass is 32.2. The lowest BCUT2D eigenvalue weighted by atomic mass is 9.70. The van der Waals surface area contributed by atoms with Crippen LogP contribution >= 0.6 is 0 Å². The summed E-state index contributed by atoms with van der Waals surface area (Å²) in [5, 5.41) is 21.1. The van der Waals surface area contributed by atoms with Gasteiger partial charge in [-0.05, 0) is 75.0 Å². The SMILES string of the molecule is CC1([C@H](NC(=O)NC2(CS(=O)(=O)C(C)(C)CO)CCCCC2)C(=O)N2C[C@H]3[C@@H]([C@H]2C(=O)NCC(=O)C(=O)NC2CC2)C3(C)C)CCCCC1. The molecule has 1 saturated heterocycles. The van der Waals surface area contributed by atoms with E-state index in [1.165, 1.54) is 13.8 Å². The van der Waals surface area contributed by atoms with E-state index in [1.54, 1.807) is 4.90 Å². The summed E-state index contributed by atoms with van der Waals surface area (Å²) in [5.74, 6) is -2.71. The van der Waals surface area contributed by atoms with E-state index >= 15 is 0 Å². The van der Waals surface area contributed by atoms with Crippen molar-refractivity contribution < 1.29 is 37.5 Å². The molecule has 13 nitrogen and oxygen atoms in total. The first kappa shape index (κ1) is 37.5.